The second-order valence-corrected chi connectivity index (χ2v) is 6.71. The van der Waals surface area contributed by atoms with E-state index in [1.807, 2.05) is 12.1 Å². The molecule has 0 aliphatic heterocycles. The maximum Gasteiger partial charge on any atom is 0.248 e. The lowest BCUT2D eigenvalue weighted by Crippen LogP contribution is -2.18. The van der Waals surface area contributed by atoms with E-state index in [9.17, 15) is 13.2 Å². The number of hydrogen-bond acceptors (Lipinski definition) is 4. The van der Waals surface area contributed by atoms with Gasteiger partial charge in [-0.05, 0) is 55.1 Å². The lowest BCUT2D eigenvalue weighted by molar-refractivity contribution is -0.111. The van der Waals surface area contributed by atoms with Crippen LogP contribution in [-0.2, 0) is 14.8 Å². The molecule has 0 radical (unpaired) electrons. The highest BCUT2D eigenvalue weighted by Crippen LogP contribution is 2.14. The third kappa shape index (κ3) is 4.68. The second-order valence-electron chi connectivity index (χ2n) is 4.83. The number of benzene rings is 2. The summed E-state index contributed by atoms with van der Waals surface area (Å²) in [7, 11) is -0.551. The fourth-order valence-corrected chi connectivity index (χ4v) is 2.64. The van der Waals surface area contributed by atoms with Crippen LogP contribution in [0, 0.1) is 0 Å². The lowest BCUT2D eigenvalue weighted by atomic mass is 10.2. The first-order chi connectivity index (χ1) is 11.4. The van der Waals surface area contributed by atoms with Crippen molar-refractivity contribution in [3.63, 3.8) is 0 Å². The quantitative estimate of drug-likeness (QED) is 0.786. The molecule has 0 atom stereocenters. The molecule has 2 aromatic rings. The average molecular weight is 346 g/mol. The van der Waals surface area contributed by atoms with Gasteiger partial charge in [-0.15, -0.1) is 0 Å². The van der Waals surface area contributed by atoms with Crippen molar-refractivity contribution in [1.82, 2.24) is 4.72 Å². The molecular weight excluding hydrogens is 328 g/mol. The number of carbonyl (C=O) groups is 1. The van der Waals surface area contributed by atoms with Crippen LogP contribution >= 0.6 is 0 Å². The zero-order valence-electron chi connectivity index (χ0n) is 13.3. The van der Waals surface area contributed by atoms with Crippen molar-refractivity contribution in [3.8, 4) is 5.75 Å². The highest BCUT2D eigenvalue weighted by Gasteiger charge is 2.10. The van der Waals surface area contributed by atoms with Gasteiger partial charge < -0.3 is 10.1 Å². The van der Waals surface area contributed by atoms with E-state index < -0.39 is 10.0 Å². The molecule has 0 unspecified atom stereocenters. The van der Waals surface area contributed by atoms with E-state index in [0.717, 1.165) is 11.3 Å². The Kier molecular flexibility index (Phi) is 5.73. The Hall–Kier alpha value is -2.64. The Balaban J connectivity index is 2.00. The van der Waals surface area contributed by atoms with E-state index in [0.29, 0.717) is 5.69 Å². The van der Waals surface area contributed by atoms with Crippen LogP contribution in [0.15, 0.2) is 59.5 Å². The molecule has 0 fully saturated rings. The highest BCUT2D eigenvalue weighted by atomic mass is 32.2. The van der Waals surface area contributed by atoms with E-state index in [1.54, 1.807) is 25.3 Å². The summed E-state index contributed by atoms with van der Waals surface area (Å²) in [6, 6.07) is 13.2. The van der Waals surface area contributed by atoms with Crippen molar-refractivity contribution < 1.29 is 17.9 Å². The van der Waals surface area contributed by atoms with Crippen molar-refractivity contribution in [2.45, 2.75) is 4.90 Å². The van der Waals surface area contributed by atoms with Crippen LogP contribution in [0.4, 0.5) is 5.69 Å². The van der Waals surface area contributed by atoms with E-state index in [2.05, 4.69) is 10.0 Å². The Morgan fingerprint density at radius 2 is 1.67 bits per heavy atom. The van der Waals surface area contributed by atoms with Gasteiger partial charge in [-0.1, -0.05) is 12.1 Å². The van der Waals surface area contributed by atoms with Gasteiger partial charge in [0.15, 0.2) is 0 Å². The second kappa shape index (κ2) is 7.76. The maximum atomic E-state index is 11.9. The van der Waals surface area contributed by atoms with Gasteiger partial charge >= 0.3 is 0 Å². The number of amides is 1. The number of ether oxygens (including phenoxy) is 1. The SMILES string of the molecule is CNS(=O)(=O)c1ccc(NC(=O)/C=C/c2ccc(OC)cc2)cc1. The fraction of sp³-hybridized carbons (Fsp3) is 0.118. The van der Waals surface area contributed by atoms with Crippen LogP contribution in [0.25, 0.3) is 6.08 Å². The van der Waals surface area contributed by atoms with Gasteiger partial charge in [0.25, 0.3) is 0 Å². The minimum absolute atomic E-state index is 0.136. The van der Waals surface area contributed by atoms with Crippen molar-refractivity contribution in [1.29, 1.82) is 0 Å². The standard InChI is InChI=1S/C17H18N2O4S/c1-18-24(21,22)16-10-6-14(7-11-16)19-17(20)12-5-13-3-8-15(23-2)9-4-13/h3-12,18H,1-2H3,(H,19,20)/b12-5+. The molecule has 0 heterocycles. The number of anilines is 1. The molecule has 2 N–H and O–H groups in total. The Labute approximate surface area is 141 Å². The van der Waals surface area contributed by atoms with Gasteiger partial charge in [-0.2, -0.15) is 0 Å². The molecule has 24 heavy (non-hydrogen) atoms. The Morgan fingerprint density at radius 3 is 2.21 bits per heavy atom. The first kappa shape index (κ1) is 17.7. The van der Waals surface area contributed by atoms with Crippen molar-refractivity contribution in [2.24, 2.45) is 0 Å². The Morgan fingerprint density at radius 1 is 1.04 bits per heavy atom. The smallest absolute Gasteiger partial charge is 0.248 e. The van der Waals surface area contributed by atoms with Crippen LogP contribution < -0.4 is 14.8 Å². The number of hydrogen-bond donors (Lipinski definition) is 2. The van der Waals surface area contributed by atoms with E-state index >= 15 is 0 Å². The van der Waals surface area contributed by atoms with E-state index in [4.69, 9.17) is 4.74 Å². The normalized spacial score (nSPS) is 11.4. The van der Waals surface area contributed by atoms with E-state index in [-0.39, 0.29) is 10.8 Å². The molecule has 0 aliphatic rings. The van der Waals surface area contributed by atoms with Gasteiger partial charge in [0.2, 0.25) is 15.9 Å². The molecule has 0 aliphatic carbocycles. The summed E-state index contributed by atoms with van der Waals surface area (Å²) in [5, 5.41) is 2.67. The van der Waals surface area contributed by atoms with E-state index in [1.165, 1.54) is 37.4 Å². The summed E-state index contributed by atoms with van der Waals surface area (Å²) in [6.45, 7) is 0. The predicted molar refractivity (Wildman–Crippen MR) is 93.3 cm³/mol. The zero-order chi connectivity index (χ0) is 17.6. The van der Waals surface area contributed by atoms with Crippen LogP contribution in [0.1, 0.15) is 5.56 Å². The molecule has 2 rings (SSSR count). The lowest BCUT2D eigenvalue weighted by Gasteiger charge is -2.05. The van der Waals surface area contributed by atoms with Gasteiger partial charge in [-0.25, -0.2) is 13.1 Å². The average Bonchev–Trinajstić information content (AvgIpc) is 2.61. The van der Waals surface area contributed by atoms with Crippen LogP contribution in [0.3, 0.4) is 0 Å². The van der Waals surface area contributed by atoms with Crippen molar-refractivity contribution in [3.05, 3.63) is 60.2 Å². The topological polar surface area (TPSA) is 84.5 Å². The van der Waals surface area contributed by atoms with Crippen molar-refractivity contribution in [2.75, 3.05) is 19.5 Å². The summed E-state index contributed by atoms with van der Waals surface area (Å²) >= 11 is 0. The summed E-state index contributed by atoms with van der Waals surface area (Å²) < 4.78 is 30.5. The monoisotopic (exact) mass is 346 g/mol. The first-order valence-electron chi connectivity index (χ1n) is 7.11. The molecule has 6 nitrogen and oxygen atoms in total. The number of carbonyl (C=O) groups excluding carboxylic acids is 1. The third-order valence-electron chi connectivity index (χ3n) is 3.24. The number of methoxy groups -OCH3 is 1. The number of nitrogens with one attached hydrogen (secondary N) is 2. The fourth-order valence-electron chi connectivity index (χ4n) is 1.91. The Bertz CT molecular complexity index is 826. The van der Waals surface area contributed by atoms with Gasteiger partial charge in [0, 0.05) is 11.8 Å². The molecule has 7 heteroatoms. The number of rotatable bonds is 6. The minimum atomic E-state index is -3.48. The number of sulfonamides is 1. The third-order valence-corrected chi connectivity index (χ3v) is 4.67. The van der Waals surface area contributed by atoms with Gasteiger partial charge in [-0.3, -0.25) is 4.79 Å². The minimum Gasteiger partial charge on any atom is -0.497 e. The molecule has 0 saturated heterocycles. The molecule has 0 spiro atoms. The first-order valence-corrected chi connectivity index (χ1v) is 8.59. The molecule has 126 valence electrons. The van der Waals surface area contributed by atoms with Crippen LogP contribution in [-0.4, -0.2) is 28.5 Å². The van der Waals surface area contributed by atoms with Crippen LogP contribution in [0.2, 0.25) is 0 Å². The molecule has 2 aromatic carbocycles. The maximum absolute atomic E-state index is 11.9. The summed E-state index contributed by atoms with van der Waals surface area (Å²) in [6.07, 6.45) is 3.08. The summed E-state index contributed by atoms with van der Waals surface area (Å²) in [4.78, 5) is 12.0. The van der Waals surface area contributed by atoms with Gasteiger partial charge in [0.05, 0.1) is 12.0 Å². The summed E-state index contributed by atoms with van der Waals surface area (Å²) in [5.74, 6) is 0.434. The molecular formula is C17H18N2O4S. The van der Waals surface area contributed by atoms with Gasteiger partial charge in [0.1, 0.15) is 5.75 Å². The molecule has 1 amide bonds. The highest BCUT2D eigenvalue weighted by molar-refractivity contribution is 7.89. The molecule has 0 aromatic heterocycles. The predicted octanol–water partition coefficient (Wildman–Crippen LogP) is 2.26. The summed E-state index contributed by atoms with van der Waals surface area (Å²) in [5.41, 5.74) is 1.37. The molecule has 0 bridgehead atoms. The van der Waals surface area contributed by atoms with Crippen LogP contribution in [0.5, 0.6) is 5.75 Å². The van der Waals surface area contributed by atoms with Crippen molar-refractivity contribution >= 4 is 27.7 Å². The largest absolute Gasteiger partial charge is 0.497 e. The zero-order valence-corrected chi connectivity index (χ0v) is 14.1. The molecule has 0 saturated carbocycles.